The average Bonchev–Trinajstić information content (AvgIpc) is 2.29. The van der Waals surface area contributed by atoms with E-state index in [1.807, 2.05) is 0 Å². The summed E-state index contributed by atoms with van der Waals surface area (Å²) in [6, 6.07) is 10.1. The van der Waals surface area contributed by atoms with Crippen molar-refractivity contribution in [1.29, 1.82) is 0 Å². The number of phenolic OH excluding ortho intramolecular Hbond substituents is 1. The van der Waals surface area contributed by atoms with Crippen LogP contribution in [0.15, 0.2) is 46.9 Å². The summed E-state index contributed by atoms with van der Waals surface area (Å²) >= 11 is 3.26. The molecule has 0 saturated heterocycles. The normalized spacial score (nSPS) is 10.2. The summed E-state index contributed by atoms with van der Waals surface area (Å²) in [4.78, 5) is 12.0. The highest BCUT2D eigenvalue weighted by molar-refractivity contribution is 9.10. The Hall–Kier alpha value is -1.68. The SMILES string of the molecule is O=C(c1ccc(Br)cc1)c1ccc(O)cc1F. The molecule has 0 fully saturated rings. The minimum absolute atomic E-state index is 0.0508. The minimum Gasteiger partial charge on any atom is -0.508 e. The van der Waals surface area contributed by atoms with Crippen molar-refractivity contribution in [2.24, 2.45) is 0 Å². The van der Waals surface area contributed by atoms with Gasteiger partial charge in [0.25, 0.3) is 0 Å². The molecule has 0 saturated carbocycles. The zero-order valence-electron chi connectivity index (χ0n) is 8.65. The van der Waals surface area contributed by atoms with E-state index >= 15 is 0 Å². The van der Waals surface area contributed by atoms with Crippen LogP contribution in [0.4, 0.5) is 4.39 Å². The molecule has 4 heteroatoms. The third-order valence-electron chi connectivity index (χ3n) is 2.30. The lowest BCUT2D eigenvalue weighted by molar-refractivity contribution is 0.103. The fraction of sp³-hybridized carbons (Fsp3) is 0. The van der Waals surface area contributed by atoms with E-state index in [-0.39, 0.29) is 11.3 Å². The number of carbonyl (C=O) groups is 1. The number of aromatic hydroxyl groups is 1. The molecule has 1 N–H and O–H groups in total. The lowest BCUT2D eigenvalue weighted by atomic mass is 10.0. The lowest BCUT2D eigenvalue weighted by Gasteiger charge is -2.03. The van der Waals surface area contributed by atoms with Crippen molar-refractivity contribution in [3.8, 4) is 5.75 Å². The molecular formula is C13H8BrFO2. The second-order valence-corrected chi connectivity index (χ2v) is 4.42. The second-order valence-electron chi connectivity index (χ2n) is 3.50. The van der Waals surface area contributed by atoms with Crippen LogP contribution in [0.2, 0.25) is 0 Å². The van der Waals surface area contributed by atoms with E-state index in [9.17, 15) is 9.18 Å². The molecule has 17 heavy (non-hydrogen) atoms. The summed E-state index contributed by atoms with van der Waals surface area (Å²) in [5.74, 6) is -1.33. The van der Waals surface area contributed by atoms with E-state index in [2.05, 4.69) is 15.9 Å². The molecule has 0 radical (unpaired) electrons. The predicted octanol–water partition coefficient (Wildman–Crippen LogP) is 3.52. The van der Waals surface area contributed by atoms with Gasteiger partial charge < -0.3 is 5.11 Å². The van der Waals surface area contributed by atoms with Gasteiger partial charge in [-0.3, -0.25) is 4.79 Å². The number of ketones is 1. The van der Waals surface area contributed by atoms with Gasteiger partial charge in [-0.15, -0.1) is 0 Å². The van der Waals surface area contributed by atoms with E-state index < -0.39 is 11.6 Å². The predicted molar refractivity (Wildman–Crippen MR) is 65.6 cm³/mol. The number of hydrogen-bond acceptors (Lipinski definition) is 2. The Morgan fingerprint density at radius 1 is 1.12 bits per heavy atom. The summed E-state index contributed by atoms with van der Waals surface area (Å²) in [5, 5.41) is 9.07. The first kappa shape index (κ1) is 11.8. The van der Waals surface area contributed by atoms with Gasteiger partial charge in [-0.1, -0.05) is 15.9 Å². The topological polar surface area (TPSA) is 37.3 Å². The Labute approximate surface area is 106 Å². The maximum Gasteiger partial charge on any atom is 0.195 e. The summed E-state index contributed by atoms with van der Waals surface area (Å²) in [6.07, 6.45) is 0. The minimum atomic E-state index is -0.724. The Kier molecular flexibility index (Phi) is 3.24. The zero-order chi connectivity index (χ0) is 12.4. The van der Waals surface area contributed by atoms with E-state index in [1.54, 1.807) is 24.3 Å². The standard InChI is InChI=1S/C13H8BrFO2/c14-9-3-1-8(2-4-9)13(17)11-6-5-10(16)7-12(11)15/h1-7,16H. The Morgan fingerprint density at radius 2 is 1.76 bits per heavy atom. The van der Waals surface area contributed by atoms with Crippen LogP contribution < -0.4 is 0 Å². The van der Waals surface area contributed by atoms with E-state index in [0.29, 0.717) is 5.56 Å². The van der Waals surface area contributed by atoms with Crippen molar-refractivity contribution < 1.29 is 14.3 Å². The van der Waals surface area contributed by atoms with Crippen LogP contribution in [-0.2, 0) is 0 Å². The van der Waals surface area contributed by atoms with E-state index in [0.717, 1.165) is 10.5 Å². The lowest BCUT2D eigenvalue weighted by Crippen LogP contribution is -2.03. The quantitative estimate of drug-likeness (QED) is 0.861. The van der Waals surface area contributed by atoms with Crippen LogP contribution in [0.5, 0.6) is 5.75 Å². The highest BCUT2D eigenvalue weighted by Crippen LogP contribution is 2.19. The molecular weight excluding hydrogens is 287 g/mol. The zero-order valence-corrected chi connectivity index (χ0v) is 10.2. The molecule has 0 spiro atoms. The Balaban J connectivity index is 2.40. The summed E-state index contributed by atoms with van der Waals surface area (Å²) in [7, 11) is 0. The van der Waals surface area contributed by atoms with Crippen molar-refractivity contribution >= 4 is 21.7 Å². The fourth-order valence-corrected chi connectivity index (χ4v) is 1.71. The molecule has 0 aliphatic rings. The molecule has 2 rings (SSSR count). The Morgan fingerprint density at radius 3 is 2.35 bits per heavy atom. The Bertz CT molecular complexity index is 564. The van der Waals surface area contributed by atoms with Crippen LogP contribution in [0, 0.1) is 5.82 Å². The van der Waals surface area contributed by atoms with Gasteiger partial charge in [-0.2, -0.15) is 0 Å². The van der Waals surface area contributed by atoms with Crippen LogP contribution in [0.1, 0.15) is 15.9 Å². The first-order valence-electron chi connectivity index (χ1n) is 4.87. The number of phenols is 1. The van der Waals surface area contributed by atoms with Crippen LogP contribution in [0.25, 0.3) is 0 Å². The maximum absolute atomic E-state index is 13.5. The highest BCUT2D eigenvalue weighted by Gasteiger charge is 2.14. The summed E-state index contributed by atoms with van der Waals surface area (Å²) in [6.45, 7) is 0. The number of carbonyl (C=O) groups excluding carboxylic acids is 1. The van der Waals surface area contributed by atoms with Gasteiger partial charge in [0.1, 0.15) is 11.6 Å². The maximum atomic E-state index is 13.5. The molecule has 0 atom stereocenters. The van der Waals surface area contributed by atoms with Crippen LogP contribution in [-0.4, -0.2) is 10.9 Å². The molecule has 0 bridgehead atoms. The van der Waals surface area contributed by atoms with E-state index in [1.165, 1.54) is 12.1 Å². The van der Waals surface area contributed by atoms with Gasteiger partial charge in [0.2, 0.25) is 0 Å². The smallest absolute Gasteiger partial charge is 0.195 e. The highest BCUT2D eigenvalue weighted by atomic mass is 79.9. The van der Waals surface area contributed by atoms with Crippen LogP contribution in [0.3, 0.4) is 0 Å². The van der Waals surface area contributed by atoms with Crippen molar-refractivity contribution in [2.75, 3.05) is 0 Å². The summed E-state index contributed by atoms with van der Waals surface area (Å²) in [5.41, 5.74) is 0.350. The van der Waals surface area contributed by atoms with Crippen molar-refractivity contribution in [3.05, 3.63) is 63.9 Å². The number of hydrogen-bond donors (Lipinski definition) is 1. The molecule has 2 aromatic carbocycles. The van der Waals surface area contributed by atoms with Crippen molar-refractivity contribution in [1.82, 2.24) is 0 Å². The van der Waals surface area contributed by atoms with Gasteiger partial charge in [-0.25, -0.2) is 4.39 Å². The monoisotopic (exact) mass is 294 g/mol. The van der Waals surface area contributed by atoms with Gasteiger partial charge in [0, 0.05) is 16.1 Å². The molecule has 2 aromatic rings. The third-order valence-corrected chi connectivity index (χ3v) is 2.83. The van der Waals surface area contributed by atoms with Crippen molar-refractivity contribution in [2.45, 2.75) is 0 Å². The molecule has 0 unspecified atom stereocenters. The molecule has 0 heterocycles. The third kappa shape index (κ3) is 2.53. The average molecular weight is 295 g/mol. The van der Waals surface area contributed by atoms with E-state index in [4.69, 9.17) is 5.11 Å². The number of benzene rings is 2. The first-order chi connectivity index (χ1) is 8.08. The largest absolute Gasteiger partial charge is 0.508 e. The van der Waals surface area contributed by atoms with Crippen molar-refractivity contribution in [3.63, 3.8) is 0 Å². The van der Waals surface area contributed by atoms with Crippen LogP contribution >= 0.6 is 15.9 Å². The summed E-state index contributed by atoms with van der Waals surface area (Å²) < 4.78 is 14.3. The first-order valence-corrected chi connectivity index (χ1v) is 5.66. The molecule has 0 aliphatic carbocycles. The molecule has 2 nitrogen and oxygen atoms in total. The number of halogens is 2. The van der Waals surface area contributed by atoms with Gasteiger partial charge >= 0.3 is 0 Å². The van der Waals surface area contributed by atoms with Gasteiger partial charge in [0.05, 0.1) is 5.56 Å². The molecule has 0 aliphatic heterocycles. The van der Waals surface area contributed by atoms with Gasteiger partial charge in [0.15, 0.2) is 5.78 Å². The second kappa shape index (κ2) is 4.67. The fourth-order valence-electron chi connectivity index (χ4n) is 1.44. The molecule has 0 amide bonds. The molecule has 0 aromatic heterocycles. The van der Waals surface area contributed by atoms with Gasteiger partial charge in [-0.05, 0) is 36.4 Å². The molecule has 86 valence electrons. The number of rotatable bonds is 2.